The van der Waals surface area contributed by atoms with E-state index in [1.807, 2.05) is 6.92 Å². The molecule has 0 saturated carbocycles. The van der Waals surface area contributed by atoms with Crippen LogP contribution in [0.2, 0.25) is 0 Å². The van der Waals surface area contributed by atoms with E-state index in [9.17, 15) is 0 Å². The highest BCUT2D eigenvalue weighted by molar-refractivity contribution is 5.33. The summed E-state index contributed by atoms with van der Waals surface area (Å²) in [6.45, 7) is 4.24. The summed E-state index contributed by atoms with van der Waals surface area (Å²) >= 11 is 0. The van der Waals surface area contributed by atoms with Gasteiger partial charge in [0, 0.05) is 18.4 Å². The number of rotatable bonds is 1. The highest BCUT2D eigenvalue weighted by Crippen LogP contribution is 2.41. The van der Waals surface area contributed by atoms with E-state index in [0.717, 1.165) is 17.8 Å². The molecule has 3 heteroatoms. The highest BCUT2D eigenvalue weighted by Gasteiger charge is 2.31. The topological polar surface area (TPSA) is 35.0 Å². The fourth-order valence-corrected chi connectivity index (χ4v) is 2.13. The smallest absolute Gasteiger partial charge is 0.116 e. The molecule has 0 saturated heterocycles. The molecule has 2 atom stereocenters. The second kappa shape index (κ2) is 3.07. The number of hydrogen-bond donors (Lipinski definition) is 0. The van der Waals surface area contributed by atoms with Crippen LogP contribution in [-0.4, -0.2) is 17.1 Å². The van der Waals surface area contributed by atoms with Crippen LogP contribution in [0, 0.1) is 6.92 Å². The Kier molecular flexibility index (Phi) is 2.04. The van der Waals surface area contributed by atoms with Gasteiger partial charge in [0.25, 0.3) is 0 Å². The Hall–Kier alpha value is -0.960. The van der Waals surface area contributed by atoms with E-state index < -0.39 is 0 Å². The molecular formula is C10H14N2O. The first-order valence-electron chi connectivity index (χ1n) is 4.58. The summed E-state index contributed by atoms with van der Waals surface area (Å²) in [4.78, 5) is 8.49. The maximum Gasteiger partial charge on any atom is 0.116 e. The molecule has 1 aromatic heterocycles. The van der Waals surface area contributed by atoms with Crippen molar-refractivity contribution in [3.63, 3.8) is 0 Å². The molecule has 0 fully saturated rings. The Morgan fingerprint density at radius 2 is 2.23 bits per heavy atom. The van der Waals surface area contributed by atoms with Crippen LogP contribution >= 0.6 is 0 Å². The lowest BCUT2D eigenvalue weighted by Gasteiger charge is -2.07. The van der Waals surface area contributed by atoms with Gasteiger partial charge in [0.2, 0.25) is 0 Å². The third-order valence-corrected chi connectivity index (χ3v) is 2.76. The van der Waals surface area contributed by atoms with E-state index in [-0.39, 0.29) is 6.10 Å². The predicted octanol–water partition coefficient (Wildman–Crippen LogP) is 1.98. The number of aromatic nitrogens is 2. The van der Waals surface area contributed by atoms with Crippen molar-refractivity contribution in [3.8, 4) is 0 Å². The van der Waals surface area contributed by atoms with Crippen LogP contribution in [0.25, 0.3) is 0 Å². The molecule has 2 unspecified atom stereocenters. The molecule has 1 aliphatic rings. The minimum Gasteiger partial charge on any atom is -0.375 e. The first-order chi connectivity index (χ1) is 6.24. The van der Waals surface area contributed by atoms with Gasteiger partial charge in [-0.2, -0.15) is 0 Å². The molecule has 3 nitrogen and oxygen atoms in total. The third-order valence-electron chi connectivity index (χ3n) is 2.76. The second-order valence-electron chi connectivity index (χ2n) is 3.62. The van der Waals surface area contributed by atoms with Crippen molar-refractivity contribution in [2.75, 3.05) is 7.11 Å². The van der Waals surface area contributed by atoms with Crippen LogP contribution in [0.1, 0.15) is 42.3 Å². The van der Waals surface area contributed by atoms with Crippen LogP contribution in [0.4, 0.5) is 0 Å². The average Bonchev–Trinajstić information content (AvgIpc) is 2.44. The van der Waals surface area contributed by atoms with Crippen LogP contribution < -0.4 is 0 Å². The minimum atomic E-state index is 0.173. The molecule has 0 spiro atoms. The van der Waals surface area contributed by atoms with E-state index in [4.69, 9.17) is 4.74 Å². The number of fused-ring (bicyclic) bond motifs is 1. The zero-order valence-corrected chi connectivity index (χ0v) is 8.24. The average molecular weight is 178 g/mol. The normalized spacial score (nSPS) is 26.1. The molecule has 0 radical (unpaired) electrons. The molecule has 70 valence electrons. The Morgan fingerprint density at radius 1 is 1.46 bits per heavy atom. The van der Waals surface area contributed by atoms with Crippen LogP contribution in [0.3, 0.4) is 0 Å². The lowest BCUT2D eigenvalue weighted by atomic mass is 10.0. The van der Waals surface area contributed by atoms with Crippen LogP contribution in [0.15, 0.2) is 6.33 Å². The summed E-state index contributed by atoms with van der Waals surface area (Å²) in [5, 5.41) is 0. The van der Waals surface area contributed by atoms with Crippen molar-refractivity contribution < 1.29 is 4.74 Å². The maximum atomic E-state index is 5.37. The van der Waals surface area contributed by atoms with Gasteiger partial charge < -0.3 is 4.74 Å². The van der Waals surface area contributed by atoms with E-state index in [0.29, 0.717) is 5.92 Å². The quantitative estimate of drug-likeness (QED) is 0.659. The van der Waals surface area contributed by atoms with Crippen LogP contribution in [0.5, 0.6) is 0 Å². The molecule has 0 aliphatic heterocycles. The van der Waals surface area contributed by atoms with E-state index in [1.165, 1.54) is 5.56 Å². The second-order valence-corrected chi connectivity index (χ2v) is 3.62. The van der Waals surface area contributed by atoms with Gasteiger partial charge in [-0.25, -0.2) is 9.97 Å². The van der Waals surface area contributed by atoms with E-state index in [1.54, 1.807) is 13.4 Å². The van der Waals surface area contributed by atoms with Gasteiger partial charge in [0.15, 0.2) is 0 Å². The SMILES string of the molecule is COC1CC(C)c2c(C)ncnc21. The van der Waals surface area contributed by atoms with E-state index >= 15 is 0 Å². The summed E-state index contributed by atoms with van der Waals surface area (Å²) in [5.41, 5.74) is 3.47. The van der Waals surface area contributed by atoms with Gasteiger partial charge in [-0.15, -0.1) is 0 Å². The van der Waals surface area contributed by atoms with Gasteiger partial charge in [-0.3, -0.25) is 0 Å². The number of methoxy groups -OCH3 is 1. The Labute approximate surface area is 78.2 Å². The highest BCUT2D eigenvalue weighted by atomic mass is 16.5. The minimum absolute atomic E-state index is 0.173. The van der Waals surface area contributed by atoms with Gasteiger partial charge in [-0.1, -0.05) is 6.92 Å². The lowest BCUT2D eigenvalue weighted by Crippen LogP contribution is -2.00. The summed E-state index contributed by atoms with van der Waals surface area (Å²) in [7, 11) is 1.74. The van der Waals surface area contributed by atoms with Gasteiger partial charge in [0.1, 0.15) is 12.4 Å². The molecule has 1 aliphatic carbocycles. The van der Waals surface area contributed by atoms with E-state index in [2.05, 4.69) is 16.9 Å². The standard InChI is InChI=1S/C10H14N2O/c1-6-4-8(13-3)10-9(6)7(2)11-5-12-10/h5-6,8H,4H2,1-3H3. The molecule has 1 heterocycles. The predicted molar refractivity (Wildman–Crippen MR) is 49.6 cm³/mol. The van der Waals surface area contributed by atoms with Gasteiger partial charge >= 0.3 is 0 Å². The summed E-state index contributed by atoms with van der Waals surface area (Å²) in [5.74, 6) is 0.529. The molecule has 1 aromatic rings. The molecule has 0 aromatic carbocycles. The number of aryl methyl sites for hydroxylation is 1. The monoisotopic (exact) mass is 178 g/mol. The first-order valence-corrected chi connectivity index (χ1v) is 4.58. The van der Waals surface area contributed by atoms with Crippen molar-refractivity contribution in [2.24, 2.45) is 0 Å². The third kappa shape index (κ3) is 1.23. The van der Waals surface area contributed by atoms with Crippen LogP contribution in [-0.2, 0) is 4.74 Å². The van der Waals surface area contributed by atoms with Crippen molar-refractivity contribution in [1.82, 2.24) is 9.97 Å². The zero-order valence-electron chi connectivity index (χ0n) is 8.24. The Morgan fingerprint density at radius 3 is 2.92 bits per heavy atom. The first kappa shape index (κ1) is 8.63. The number of nitrogens with zero attached hydrogens (tertiary/aromatic N) is 2. The molecule has 0 bridgehead atoms. The molecule has 0 amide bonds. The fraction of sp³-hybridized carbons (Fsp3) is 0.600. The number of hydrogen-bond acceptors (Lipinski definition) is 3. The maximum absolute atomic E-state index is 5.37. The van der Waals surface area contributed by atoms with Gasteiger partial charge in [-0.05, 0) is 19.3 Å². The lowest BCUT2D eigenvalue weighted by molar-refractivity contribution is 0.0982. The van der Waals surface area contributed by atoms with Crippen molar-refractivity contribution in [1.29, 1.82) is 0 Å². The molecule has 0 N–H and O–H groups in total. The molecular weight excluding hydrogens is 164 g/mol. The van der Waals surface area contributed by atoms with Crippen molar-refractivity contribution in [2.45, 2.75) is 32.3 Å². The Balaban J connectivity index is 2.51. The molecule has 13 heavy (non-hydrogen) atoms. The Bertz CT molecular complexity index is 325. The summed E-state index contributed by atoms with van der Waals surface area (Å²) in [6, 6.07) is 0. The zero-order chi connectivity index (χ0) is 9.42. The summed E-state index contributed by atoms with van der Waals surface area (Å²) in [6.07, 6.45) is 2.83. The van der Waals surface area contributed by atoms with Gasteiger partial charge in [0.05, 0.1) is 5.69 Å². The largest absolute Gasteiger partial charge is 0.375 e. The molecule has 2 rings (SSSR count). The summed E-state index contributed by atoms with van der Waals surface area (Å²) < 4.78 is 5.37. The fourth-order valence-electron chi connectivity index (χ4n) is 2.13. The van der Waals surface area contributed by atoms with Crippen molar-refractivity contribution in [3.05, 3.63) is 23.3 Å². The number of ether oxygens (including phenoxy) is 1. The van der Waals surface area contributed by atoms with Crippen molar-refractivity contribution >= 4 is 0 Å².